The molecule has 7 fully saturated rings. The van der Waals surface area contributed by atoms with Crippen LogP contribution in [0.25, 0.3) is 88.1 Å². The minimum atomic E-state index is -2.63. The van der Waals surface area contributed by atoms with Gasteiger partial charge in [0.15, 0.2) is 22.8 Å². The van der Waals surface area contributed by atoms with Crippen LogP contribution in [0.15, 0.2) is 226 Å². The smallest absolute Gasteiger partial charge is 0.276 e. The quantitative estimate of drug-likeness (QED) is 0.0285. The fourth-order valence-corrected chi connectivity index (χ4v) is 20.0. The van der Waals surface area contributed by atoms with Gasteiger partial charge in [-0.3, -0.25) is 74.2 Å². The minimum Gasteiger partial charge on any atom is -0.393 e. The topological polar surface area (TPSA) is 377 Å². The zero-order valence-corrected chi connectivity index (χ0v) is 81.4. The fourth-order valence-electron chi connectivity index (χ4n) is 20.0. The Kier molecular flexibility index (Phi) is 30.1. The first-order valence-electron chi connectivity index (χ1n) is 50.5. The maximum atomic E-state index is 13.6. The summed E-state index contributed by atoms with van der Waals surface area (Å²) >= 11 is 0. The van der Waals surface area contributed by atoms with Gasteiger partial charge in [-0.25, -0.2) is 37.5 Å². The van der Waals surface area contributed by atoms with Gasteiger partial charge in [-0.2, -0.15) is 20.4 Å². The molecule has 7 aliphatic heterocycles. The van der Waals surface area contributed by atoms with Crippen LogP contribution in [0.2, 0.25) is 0 Å². The van der Waals surface area contributed by atoms with E-state index in [0.29, 0.717) is 83.3 Å². The molecular weight excluding hydrogens is 1860 g/mol. The van der Waals surface area contributed by atoms with Crippen molar-refractivity contribution in [1.82, 2.24) is 95.4 Å². The highest BCUT2D eigenvalue weighted by Crippen LogP contribution is 2.37. The van der Waals surface area contributed by atoms with E-state index in [4.69, 9.17) is 0 Å². The number of carbonyl (C=O) groups is 4. The Bertz CT molecular complexity index is 7210. The molecule has 36 heteroatoms. The number of hydrogen-bond donors (Lipinski definition) is 9. The summed E-state index contributed by atoms with van der Waals surface area (Å²) in [5.41, 5.74) is 17.3. The molecule has 7 aliphatic rings. The molecule has 146 heavy (non-hydrogen) atoms. The van der Waals surface area contributed by atoms with Crippen molar-refractivity contribution in [3.8, 4) is 44.5 Å². The second kappa shape index (κ2) is 44.9. The van der Waals surface area contributed by atoms with E-state index in [9.17, 15) is 41.8 Å². The molecule has 0 bridgehead atoms. The highest BCUT2D eigenvalue weighted by atomic mass is 19.3. The van der Waals surface area contributed by atoms with Crippen LogP contribution < -0.4 is 40.9 Å². The maximum absolute atomic E-state index is 13.6. The van der Waals surface area contributed by atoms with E-state index in [0.717, 1.165) is 208 Å². The third-order valence-electron chi connectivity index (χ3n) is 28.3. The number of anilines is 8. The van der Waals surface area contributed by atoms with Crippen LogP contribution in [0.5, 0.6) is 0 Å². The molecule has 0 unspecified atom stereocenters. The van der Waals surface area contributed by atoms with Crippen LogP contribution in [-0.2, 0) is 19.6 Å². The lowest BCUT2D eigenvalue weighted by atomic mass is 9.99. The van der Waals surface area contributed by atoms with Crippen LogP contribution in [0.4, 0.5) is 63.6 Å². The summed E-state index contributed by atoms with van der Waals surface area (Å²) in [6.07, 6.45) is 35.4. The van der Waals surface area contributed by atoms with Gasteiger partial charge in [0, 0.05) is 217 Å². The van der Waals surface area contributed by atoms with Gasteiger partial charge in [-0.15, -0.1) is 0 Å². The number of pyridine rings is 8. The average Bonchev–Trinajstić information content (AvgIpc) is 1.65. The van der Waals surface area contributed by atoms with Crippen molar-refractivity contribution in [2.24, 2.45) is 5.92 Å². The highest BCUT2D eigenvalue weighted by Gasteiger charge is 2.39. The normalized spacial score (nSPS) is 16.9. The first kappa shape index (κ1) is 98.0. The minimum absolute atomic E-state index is 0.110. The number of aromatic nitrogens is 16. The Labute approximate surface area is 841 Å². The van der Waals surface area contributed by atoms with E-state index in [1.807, 2.05) is 163 Å². The van der Waals surface area contributed by atoms with Gasteiger partial charge in [0.2, 0.25) is 0 Å². The monoisotopic (exact) mass is 1970 g/mol. The third kappa shape index (κ3) is 24.3. The number of H-pyrrole nitrogens is 4. The Morgan fingerprint density at radius 2 is 0.644 bits per heavy atom. The molecule has 0 radical (unpaired) electrons. The van der Waals surface area contributed by atoms with E-state index in [2.05, 4.69) is 139 Å². The number of aromatic amines is 4. The predicted molar refractivity (Wildman–Crippen MR) is 560 cm³/mol. The molecule has 750 valence electrons. The van der Waals surface area contributed by atoms with Gasteiger partial charge in [-0.05, 0) is 250 Å². The van der Waals surface area contributed by atoms with E-state index in [1.165, 1.54) is 70.6 Å². The number of nitrogens with one attached hydrogen (secondary N) is 8. The van der Waals surface area contributed by atoms with Gasteiger partial charge in [-0.1, -0.05) is 37.3 Å². The van der Waals surface area contributed by atoms with Gasteiger partial charge in [0.1, 0.15) is 23.3 Å². The number of carbonyl (C=O) groups excluding carboxylic acids is 4. The molecule has 7 saturated heterocycles. The molecule has 0 aliphatic carbocycles. The molecule has 32 nitrogen and oxygen atoms in total. The summed E-state index contributed by atoms with van der Waals surface area (Å²) in [4.78, 5) is 103. The van der Waals surface area contributed by atoms with E-state index in [-0.39, 0.29) is 61.2 Å². The summed E-state index contributed by atoms with van der Waals surface area (Å²) in [6.45, 7) is 14.9. The van der Waals surface area contributed by atoms with Crippen LogP contribution in [-0.4, -0.2) is 234 Å². The van der Waals surface area contributed by atoms with E-state index < -0.39 is 11.8 Å². The molecule has 4 amide bonds. The average molecular weight is 1970 g/mol. The Morgan fingerprint density at radius 1 is 0.329 bits per heavy atom. The standard InChI is InChI=1S/C30H35N7O2.C29H31F2N7O.C28H29F2N7O.C23H22N6O/c1-20-6-12-37(13-7-20)28-5-3-24(18-32-28)33-30(39)29-26-15-22(2-4-27(26)34-35-29)23-14-21(16-31-17-23)19-36-10-8-25(38)9-11-36;30-29(31)8-12-37(13-9-29)19-20-14-22(17-32-16-20)21-4-6-25-24(15-21)27(36-35-25)28(39)34-23-5-7-26(33-18-23)38-10-2-1-3-11-38;29-28(30)8-11-36(18-28)17-19-12-21(15-31-14-19)20-4-6-24-23(13-20)26(35-34-24)27(38)33-22-5-7-25(32-16-22)37-9-2-1-3-10-37;30-23(26-18-7-9-21(25-15-18)29-11-2-1-3-12-29)22-19-13-16(6-8-20(19)27-28-22)17-5-4-10-24-14-17/h2-5,14-18,20,25,38H,6-13,19H2,1H3,(H,33,39)(H,34,35);4-7,14-18H,1-3,8-13,19H2,(H,34,39)(H,35,36);4-7,12-16H,1-3,8-11,17-18H2,(H,33,38)(H,34,35);4-10,13-15H,1-3,11-12H2,(H,26,30)(H,27,28). The molecule has 19 heterocycles. The molecule has 23 rings (SSSR count). The third-order valence-corrected chi connectivity index (χ3v) is 28.3. The number of aliphatic hydroxyl groups excluding tert-OH is 1. The molecule has 12 aromatic heterocycles. The first-order chi connectivity index (χ1) is 71.2. The van der Waals surface area contributed by atoms with Crippen molar-refractivity contribution >= 4 is 113 Å². The largest absolute Gasteiger partial charge is 0.393 e. The molecule has 9 N–H and O–H groups in total. The molecule has 16 aromatic rings. The highest BCUT2D eigenvalue weighted by molar-refractivity contribution is 6.15. The summed E-state index contributed by atoms with van der Waals surface area (Å²) < 4.78 is 54.2. The maximum Gasteiger partial charge on any atom is 0.276 e. The Balaban J connectivity index is 0.000000119. The van der Waals surface area contributed by atoms with Gasteiger partial charge in [0.25, 0.3) is 35.5 Å². The number of hydrogen-bond acceptors (Lipinski definition) is 24. The zero-order valence-electron chi connectivity index (χ0n) is 81.4. The van der Waals surface area contributed by atoms with E-state index >= 15 is 0 Å². The number of alkyl halides is 4. The predicted octanol–water partition coefficient (Wildman–Crippen LogP) is 19.3. The van der Waals surface area contributed by atoms with Crippen molar-refractivity contribution in [3.63, 3.8) is 0 Å². The van der Waals surface area contributed by atoms with Crippen molar-refractivity contribution in [1.29, 1.82) is 0 Å². The van der Waals surface area contributed by atoms with Crippen LogP contribution >= 0.6 is 0 Å². The number of piperidine rings is 6. The molecular formula is C110H117F4N27O5. The van der Waals surface area contributed by atoms with E-state index in [1.54, 1.807) is 66.9 Å². The van der Waals surface area contributed by atoms with Crippen molar-refractivity contribution < 1.29 is 41.8 Å². The van der Waals surface area contributed by atoms with Gasteiger partial charge >= 0.3 is 0 Å². The summed E-state index contributed by atoms with van der Waals surface area (Å²) in [6, 6.07) is 48.7. The van der Waals surface area contributed by atoms with Crippen molar-refractivity contribution in [2.45, 2.75) is 147 Å². The lowest BCUT2D eigenvalue weighted by Crippen LogP contribution is -2.38. The molecule has 4 aromatic carbocycles. The number of fused-ring (bicyclic) bond motifs is 4. The molecule has 0 atom stereocenters. The number of benzene rings is 4. The molecule has 0 saturated carbocycles. The number of halogens is 4. The Morgan fingerprint density at radius 3 is 0.966 bits per heavy atom. The number of likely N-dealkylation sites (tertiary alicyclic amines) is 3. The fraction of sp³-hybridized carbons (Fsp3) is 0.345. The number of aliphatic hydroxyl groups is 1. The number of rotatable bonds is 22. The van der Waals surface area contributed by atoms with Gasteiger partial charge < -0.3 is 46.0 Å². The summed E-state index contributed by atoms with van der Waals surface area (Å²) in [5, 5.41) is 53.2. The molecule has 0 spiro atoms. The Hall–Kier alpha value is -15.4. The zero-order chi connectivity index (χ0) is 100. The second-order valence-electron chi connectivity index (χ2n) is 39.0. The van der Waals surface area contributed by atoms with Crippen LogP contribution in [0.3, 0.4) is 0 Å². The lowest BCUT2D eigenvalue weighted by molar-refractivity contribution is -0.0566. The number of nitrogens with zero attached hydrogens (tertiary/aromatic N) is 19. The lowest BCUT2D eigenvalue weighted by Gasteiger charge is -2.31. The number of amides is 4. The van der Waals surface area contributed by atoms with Crippen LogP contribution in [0.1, 0.15) is 168 Å². The summed E-state index contributed by atoms with van der Waals surface area (Å²) in [7, 11) is 0. The van der Waals surface area contributed by atoms with Gasteiger partial charge in [0.05, 0.1) is 82.3 Å². The summed E-state index contributed by atoms with van der Waals surface area (Å²) in [5.74, 6) is -1.86. The second-order valence-corrected chi connectivity index (χ2v) is 39.0. The van der Waals surface area contributed by atoms with Crippen molar-refractivity contribution in [2.75, 3.05) is 132 Å². The first-order valence-corrected chi connectivity index (χ1v) is 50.5. The SMILES string of the molecule is CC1CCN(c2ccc(NC(=O)c3n[nH]c4ccc(-c5cncc(CN6CCC(O)CC6)c5)cc34)cn2)CC1.O=C(Nc1ccc(N2CCCCC2)nc1)c1n[nH]c2ccc(-c3cccnc3)cc12.O=C(Nc1ccc(N2CCCCC2)nc1)c1n[nH]c2ccc(-c3cncc(CN4CCC(F)(F)C4)c3)cc12.O=C(Nc1ccc(N2CCCCC2)nc1)c1n[nH]c2ccc(-c3cncc(CN4CCC(F)(F)CC4)c3)cc12. The van der Waals surface area contributed by atoms with Crippen LogP contribution in [0, 0.1) is 5.92 Å². The van der Waals surface area contributed by atoms with Crippen molar-refractivity contribution in [3.05, 3.63) is 265 Å².